The standard InChI is InChI=1S/C22H24N8O2/c1-28-21(32)17-13-24-29(2)20(17)26-22(28)25-15-5-7-16(8-6-15)30-19(31)10-9-18(27-30)14-4-3-11-23-12-14/h3-4,9-13,15-16H,5-8H2,1-2H3,(H,25,26). The molecule has 1 aliphatic carbocycles. The molecule has 0 aliphatic heterocycles. The third-order valence-electron chi connectivity index (χ3n) is 6.13. The summed E-state index contributed by atoms with van der Waals surface area (Å²) < 4.78 is 4.74. The van der Waals surface area contributed by atoms with Crippen LogP contribution in [-0.2, 0) is 14.1 Å². The molecule has 10 heteroatoms. The molecule has 4 heterocycles. The van der Waals surface area contributed by atoms with E-state index in [1.807, 2.05) is 12.1 Å². The van der Waals surface area contributed by atoms with Gasteiger partial charge in [-0.05, 0) is 43.9 Å². The molecule has 0 bridgehead atoms. The zero-order valence-corrected chi connectivity index (χ0v) is 18.0. The molecule has 0 spiro atoms. The van der Waals surface area contributed by atoms with Crippen molar-refractivity contribution < 1.29 is 0 Å². The van der Waals surface area contributed by atoms with Gasteiger partial charge < -0.3 is 5.32 Å². The SMILES string of the molecule is Cn1c(NC2CCC(n3nc(-c4cccnc4)ccc3=O)CC2)nc2c(cnn2C)c1=O. The lowest BCUT2D eigenvalue weighted by atomic mass is 9.91. The number of rotatable bonds is 4. The summed E-state index contributed by atoms with van der Waals surface area (Å²) in [4.78, 5) is 33.8. The van der Waals surface area contributed by atoms with Crippen LogP contribution in [0.1, 0.15) is 31.7 Å². The van der Waals surface area contributed by atoms with Crippen molar-refractivity contribution in [3.05, 3.63) is 63.6 Å². The second kappa shape index (κ2) is 8.03. The van der Waals surface area contributed by atoms with Crippen molar-refractivity contribution in [2.24, 2.45) is 14.1 Å². The Labute approximate surface area is 183 Å². The van der Waals surface area contributed by atoms with Gasteiger partial charge >= 0.3 is 0 Å². The topological polar surface area (TPSA) is 113 Å². The molecule has 0 atom stereocenters. The summed E-state index contributed by atoms with van der Waals surface area (Å²) in [5.41, 5.74) is 1.96. The van der Waals surface area contributed by atoms with Crippen molar-refractivity contribution in [3.63, 3.8) is 0 Å². The Balaban J connectivity index is 1.33. The minimum Gasteiger partial charge on any atom is -0.353 e. The van der Waals surface area contributed by atoms with E-state index in [0.29, 0.717) is 17.0 Å². The Morgan fingerprint density at radius 2 is 1.84 bits per heavy atom. The highest BCUT2D eigenvalue weighted by atomic mass is 16.1. The number of hydrogen-bond donors (Lipinski definition) is 1. The van der Waals surface area contributed by atoms with E-state index in [0.717, 1.165) is 36.9 Å². The van der Waals surface area contributed by atoms with Crippen LogP contribution in [0.2, 0.25) is 0 Å². The van der Waals surface area contributed by atoms with Crippen molar-refractivity contribution in [2.75, 3.05) is 5.32 Å². The second-order valence-corrected chi connectivity index (χ2v) is 8.20. The average molecular weight is 432 g/mol. The minimum absolute atomic E-state index is 0.0357. The van der Waals surface area contributed by atoms with Crippen molar-refractivity contribution in [2.45, 2.75) is 37.8 Å². The van der Waals surface area contributed by atoms with Gasteiger partial charge in [0.2, 0.25) is 5.95 Å². The molecule has 0 aromatic carbocycles. The van der Waals surface area contributed by atoms with Crippen molar-refractivity contribution in [3.8, 4) is 11.3 Å². The van der Waals surface area contributed by atoms with E-state index in [9.17, 15) is 9.59 Å². The molecule has 0 amide bonds. The number of hydrogen-bond acceptors (Lipinski definition) is 7. The maximum Gasteiger partial charge on any atom is 0.267 e. The Kier molecular flexibility index (Phi) is 5.04. The van der Waals surface area contributed by atoms with Crippen LogP contribution in [0.3, 0.4) is 0 Å². The lowest BCUT2D eigenvalue weighted by molar-refractivity contribution is 0.303. The first-order valence-corrected chi connectivity index (χ1v) is 10.7. The van der Waals surface area contributed by atoms with Gasteiger partial charge in [-0.25, -0.2) is 4.68 Å². The van der Waals surface area contributed by atoms with Crippen LogP contribution in [0, 0.1) is 0 Å². The smallest absolute Gasteiger partial charge is 0.267 e. The van der Waals surface area contributed by atoms with E-state index in [1.165, 1.54) is 4.57 Å². The van der Waals surface area contributed by atoms with Gasteiger partial charge in [0.05, 0.1) is 17.9 Å². The fourth-order valence-corrected chi connectivity index (χ4v) is 4.30. The van der Waals surface area contributed by atoms with Gasteiger partial charge in [-0.1, -0.05) is 0 Å². The van der Waals surface area contributed by atoms with Crippen molar-refractivity contribution in [1.82, 2.24) is 34.1 Å². The molecule has 1 N–H and O–H groups in total. The van der Waals surface area contributed by atoms with Crippen LogP contribution in [0.5, 0.6) is 0 Å². The maximum absolute atomic E-state index is 12.6. The number of aryl methyl sites for hydroxylation is 1. The first-order chi connectivity index (χ1) is 15.5. The van der Waals surface area contributed by atoms with Gasteiger partial charge in [0.25, 0.3) is 11.1 Å². The molecule has 0 radical (unpaired) electrons. The van der Waals surface area contributed by atoms with Gasteiger partial charge in [-0.3, -0.25) is 23.8 Å². The molecule has 5 rings (SSSR count). The summed E-state index contributed by atoms with van der Waals surface area (Å²) in [5, 5.41) is 12.7. The molecular weight excluding hydrogens is 408 g/mol. The third kappa shape index (κ3) is 3.57. The van der Waals surface area contributed by atoms with Crippen LogP contribution >= 0.6 is 0 Å². The van der Waals surface area contributed by atoms with Crippen LogP contribution in [-0.4, -0.2) is 40.1 Å². The fraction of sp³-hybridized carbons (Fsp3) is 0.364. The molecule has 164 valence electrons. The maximum atomic E-state index is 12.6. The molecule has 1 saturated carbocycles. The van der Waals surface area contributed by atoms with Crippen LogP contribution in [0.25, 0.3) is 22.3 Å². The normalized spacial score (nSPS) is 18.7. The lowest BCUT2D eigenvalue weighted by Crippen LogP contribution is -2.34. The first-order valence-electron chi connectivity index (χ1n) is 10.7. The molecule has 10 nitrogen and oxygen atoms in total. The van der Waals surface area contributed by atoms with Crippen LogP contribution in [0.4, 0.5) is 5.95 Å². The average Bonchev–Trinajstić information content (AvgIpc) is 3.19. The number of nitrogens with one attached hydrogen (secondary N) is 1. The van der Waals surface area contributed by atoms with Gasteiger partial charge in [-0.2, -0.15) is 15.2 Å². The predicted octanol–water partition coefficient (Wildman–Crippen LogP) is 1.88. The van der Waals surface area contributed by atoms with Gasteiger partial charge in [0.15, 0.2) is 5.65 Å². The van der Waals surface area contributed by atoms with Gasteiger partial charge in [-0.15, -0.1) is 0 Å². The molecule has 0 saturated heterocycles. The van der Waals surface area contributed by atoms with Crippen molar-refractivity contribution >= 4 is 17.0 Å². The monoisotopic (exact) mass is 432 g/mol. The summed E-state index contributed by atoms with van der Waals surface area (Å²) >= 11 is 0. The van der Waals surface area contributed by atoms with E-state index < -0.39 is 0 Å². The number of anilines is 1. The fourth-order valence-electron chi connectivity index (χ4n) is 4.30. The first kappa shape index (κ1) is 20.1. The Bertz CT molecular complexity index is 1380. The van der Waals surface area contributed by atoms with Gasteiger partial charge in [0.1, 0.15) is 5.39 Å². The highest BCUT2D eigenvalue weighted by Crippen LogP contribution is 2.29. The Hall–Kier alpha value is -3.82. The second-order valence-electron chi connectivity index (χ2n) is 8.20. The van der Waals surface area contributed by atoms with E-state index in [-0.39, 0.29) is 23.2 Å². The van der Waals surface area contributed by atoms with E-state index in [4.69, 9.17) is 0 Å². The summed E-state index contributed by atoms with van der Waals surface area (Å²) in [5.74, 6) is 0.531. The highest BCUT2D eigenvalue weighted by molar-refractivity contribution is 5.74. The summed E-state index contributed by atoms with van der Waals surface area (Å²) in [6, 6.07) is 7.29. The summed E-state index contributed by atoms with van der Waals surface area (Å²) in [6.45, 7) is 0. The molecule has 0 unspecified atom stereocenters. The van der Waals surface area contributed by atoms with Crippen LogP contribution in [0.15, 0.2) is 52.4 Å². The predicted molar refractivity (Wildman–Crippen MR) is 120 cm³/mol. The third-order valence-corrected chi connectivity index (χ3v) is 6.13. The Morgan fingerprint density at radius 3 is 2.59 bits per heavy atom. The minimum atomic E-state index is -0.123. The zero-order valence-electron chi connectivity index (χ0n) is 18.0. The molecule has 4 aromatic rings. The molecule has 1 fully saturated rings. The molecule has 4 aromatic heterocycles. The molecule has 1 aliphatic rings. The van der Waals surface area contributed by atoms with E-state index >= 15 is 0 Å². The number of aromatic nitrogens is 7. The van der Waals surface area contributed by atoms with Crippen molar-refractivity contribution in [1.29, 1.82) is 0 Å². The number of fused-ring (bicyclic) bond motifs is 1. The summed E-state index contributed by atoms with van der Waals surface area (Å²) in [7, 11) is 3.48. The quantitative estimate of drug-likeness (QED) is 0.524. The van der Waals surface area contributed by atoms with Crippen LogP contribution < -0.4 is 16.4 Å². The zero-order chi connectivity index (χ0) is 22.2. The molecular formula is C22H24N8O2. The van der Waals surface area contributed by atoms with E-state index in [2.05, 4.69) is 25.5 Å². The summed E-state index contributed by atoms with van der Waals surface area (Å²) in [6.07, 6.45) is 8.30. The number of nitrogens with zero attached hydrogens (tertiary/aromatic N) is 7. The lowest BCUT2D eigenvalue weighted by Gasteiger charge is -2.30. The Morgan fingerprint density at radius 1 is 1.03 bits per heavy atom. The highest BCUT2D eigenvalue weighted by Gasteiger charge is 2.25. The molecule has 32 heavy (non-hydrogen) atoms. The van der Waals surface area contributed by atoms with E-state index in [1.54, 1.807) is 54.2 Å². The number of pyridine rings is 1. The van der Waals surface area contributed by atoms with Gasteiger partial charge in [0, 0.05) is 44.2 Å². The largest absolute Gasteiger partial charge is 0.353 e.